The highest BCUT2D eigenvalue weighted by Crippen LogP contribution is 2.19. The van der Waals surface area contributed by atoms with Gasteiger partial charge in [-0.1, -0.05) is 59.9 Å². The van der Waals surface area contributed by atoms with Crippen LogP contribution in [-0.2, 0) is 28.2 Å². The molecule has 3 saturated heterocycles. The number of thioether (sulfide) groups is 1. The first-order chi connectivity index (χ1) is 69.7. The molecule has 0 atom stereocenters. The molecule has 0 bridgehead atoms. The Kier molecular flexibility index (Phi) is 59.2. The summed E-state index contributed by atoms with van der Waals surface area (Å²) in [5.41, 5.74) is 83.2. The van der Waals surface area contributed by atoms with Gasteiger partial charge in [-0.2, -0.15) is 10.2 Å². The normalized spacial score (nSPS) is 11.6. The number of aliphatic imine (C=N–C) groups is 4. The fourth-order valence-corrected chi connectivity index (χ4v) is 11.8. The number of likely N-dealkylation sites (tertiary alicyclic amines) is 1. The Labute approximate surface area is 855 Å². The molecule has 56 heteroatoms. The minimum Gasteiger partial charge on any atom is -0.409 e. The van der Waals surface area contributed by atoms with Crippen molar-refractivity contribution in [2.75, 3.05) is 151 Å². The van der Waals surface area contributed by atoms with Crippen molar-refractivity contribution in [2.45, 2.75) is 47.5 Å². The van der Waals surface area contributed by atoms with Gasteiger partial charge in [0, 0.05) is 219 Å². The smallest absolute Gasteiger partial charge is 0.219 e. The molecule has 0 aliphatic carbocycles. The summed E-state index contributed by atoms with van der Waals surface area (Å²) in [7, 11) is 23.6. The summed E-state index contributed by atoms with van der Waals surface area (Å²) in [6.45, 7) is 16.8. The van der Waals surface area contributed by atoms with Crippen molar-refractivity contribution in [3.8, 4) is 0 Å². The van der Waals surface area contributed by atoms with Crippen LogP contribution in [0.15, 0.2) is 227 Å². The minimum absolute atomic E-state index is 0.0862. The molecule has 786 valence electrons. The van der Waals surface area contributed by atoms with Crippen LogP contribution in [0.1, 0.15) is 67.6 Å². The van der Waals surface area contributed by atoms with Gasteiger partial charge in [0.15, 0.2) is 50.9 Å². The van der Waals surface area contributed by atoms with E-state index in [1.807, 2.05) is 164 Å². The van der Waals surface area contributed by atoms with Crippen LogP contribution in [-0.4, -0.2) is 271 Å². The number of guanidine groups is 1. The molecule has 54 nitrogen and oxygen atoms in total. The summed E-state index contributed by atoms with van der Waals surface area (Å²) in [4.78, 5) is 76.0. The molecule has 0 spiro atoms. The minimum atomic E-state index is 0.0862. The van der Waals surface area contributed by atoms with Gasteiger partial charge in [0.25, 0.3) is 0 Å². The van der Waals surface area contributed by atoms with E-state index in [4.69, 9.17) is 101 Å². The van der Waals surface area contributed by atoms with Crippen molar-refractivity contribution in [2.24, 2.45) is 93.5 Å². The number of fused-ring (bicyclic) bond motifs is 4. The maximum Gasteiger partial charge on any atom is 0.219 e. The number of anilines is 9. The lowest BCUT2D eigenvalue weighted by molar-refractivity contribution is 0.318. The summed E-state index contributed by atoms with van der Waals surface area (Å²) < 4.78 is 8.51. The van der Waals surface area contributed by atoms with Gasteiger partial charge in [0.2, 0.25) is 5.95 Å². The SMILES string of the molecule is C/C(N)=N/O.C=C1CCCN1C.CC(=N)N.CN=C(C)N.CN=C(N)c1ccccc1N.CN=C1NCCN1.CN=C1NCCS1.CNc1ccccc1C(=N)N.CNc1ncc[nH]1.CNc1nccs1.CNn1ccnc1N.Cc1ccc(C(=N)N)[nH]1.Cc1nc2ccccc2[nH]1.Cn1cc2c(N)ncnc2n1.Cn1cccc1C(=N)N.Cn1ccnc1N.Cn1ncc2c(N)ncnc21.Nc1ncnc2nc[nH]c12. The molecule has 0 saturated carbocycles. The number of aryl methyl sites for hydroxylation is 6. The Morgan fingerprint density at radius 2 is 1.18 bits per heavy atom. The molecule has 16 heterocycles. The number of nitrogens with one attached hydrogen (secondary N) is 15. The van der Waals surface area contributed by atoms with Gasteiger partial charge >= 0.3 is 0 Å². The standard InChI is InChI=1S/2C8H11N3.C8H8N2.2C6H7N5.2C6H9N3.C6H11N.C5H5N5.C4H8N4.C4H7N3.C4H9N3.C4H7N3.C4H8N2S.C4H6N2S.C3H8N2.C2H6N2O.C2H6N2/c1-11-7-5-3-2-4-6(7)8(9)10;1-11-8(10)6-4-2-3-5-7(6)9;1-6-9-7-4-2-3-5-8(7)10-6;1-11-2-4-5(7)8-3-9-6(4)10-11;1-11-6-4(2-10-11)5(7)8-3-9-6;1-9-4-2-3-5(9)6(7)8;1-4-2-3-5(9-4)6(7)8;1-6-4-3-5-7(6)2;6-4-3-5(9-1-7-3)10-2-8-4;1-6-8-3-2-7-4(8)5;1-7-3-2-6-4(7)5;4*1-5-4-6-2-3-7-4;1-3(4)5-2;1-2(3)4-5;1-2(3)4/h2-5,11H,1H3,(H3,9,10);2-5H,9H2,1H3,(H2,10,11);2-5H,1H3,(H,9,10);2-3H,1H3,(H2,7,8,9,10);2-3H,1H3,(H2,7,8,9);2-4H,1H3,(H3,7,8);2-3,9H,1H3,(H3,7,8);1,3-5H2,2H3;1-2H,(H3,6,7,8,9,10);2-3,6H,1H3,(H2,5,7);2-3H,1H3,(H2,5,6);2-3H2,1H3,(H2,5,6,7);2-3H,1H3,(H2,5,6,7);2-3H2,1H3,(H,5,6);2-3H,1H3,(H,5,6);1-2H3,(H2,4,5);5H,1H3,(H2,3,4);1H3,(H3,3,4). The third-order valence-corrected chi connectivity index (χ3v) is 19.8. The zero-order valence-electron chi connectivity index (χ0n) is 85.5. The molecule has 42 N–H and O–H groups in total. The fraction of sp³-hybridized carbons (Fsp3) is 0.278. The van der Waals surface area contributed by atoms with E-state index in [0.717, 1.165) is 103 Å². The van der Waals surface area contributed by atoms with Crippen LogP contribution in [0.5, 0.6) is 0 Å². The zero-order chi connectivity index (χ0) is 109. The maximum absolute atomic E-state index is 7.61. The number of nitrogen functional groups attached to an aromatic ring is 9. The number of imidazole rings is 5. The number of para-hydroxylation sites is 4. The number of H-pyrrole nitrogens is 4. The van der Waals surface area contributed by atoms with E-state index in [9.17, 15) is 0 Å². The number of amidine groups is 8. The van der Waals surface area contributed by atoms with Crippen molar-refractivity contribution in [3.63, 3.8) is 0 Å². The molecule has 13 aromatic heterocycles. The number of nitrogens with zero attached hydrogens (tertiary/aromatic N) is 25. The molecular formula is C90H143N53OS2. The number of rotatable bonds is 8. The van der Waals surface area contributed by atoms with E-state index in [1.165, 1.54) is 70.0 Å². The monoisotopic (exact) mass is 2050 g/mol. The van der Waals surface area contributed by atoms with Gasteiger partial charge in [-0.3, -0.25) is 51.0 Å². The van der Waals surface area contributed by atoms with Gasteiger partial charge in [-0.25, -0.2) is 64.5 Å². The second-order valence-electron chi connectivity index (χ2n) is 29.2. The predicted molar refractivity (Wildman–Crippen MR) is 599 cm³/mol. The fourth-order valence-electron chi connectivity index (χ4n) is 10.6. The summed E-state index contributed by atoms with van der Waals surface area (Å²) in [6, 6.07) is 30.2. The summed E-state index contributed by atoms with van der Waals surface area (Å²) in [5, 5.41) is 69.3. The first-order valence-electron chi connectivity index (χ1n) is 44.0. The lowest BCUT2D eigenvalue weighted by Crippen LogP contribution is -2.23. The number of aromatic amines is 4. The molecule has 19 rings (SSSR count). The first kappa shape index (κ1) is 123. The van der Waals surface area contributed by atoms with E-state index in [0.29, 0.717) is 69.2 Å². The Balaban J connectivity index is 0.000000525. The third-order valence-electron chi connectivity index (χ3n) is 18.0. The highest BCUT2D eigenvalue weighted by molar-refractivity contribution is 8.14. The number of aromatic nitrogens is 23. The molecule has 0 amide bonds. The predicted octanol–water partition coefficient (Wildman–Crippen LogP) is 5.89. The van der Waals surface area contributed by atoms with Crippen LogP contribution in [0.2, 0.25) is 0 Å². The Bertz CT molecular complexity index is 6400. The van der Waals surface area contributed by atoms with Gasteiger partial charge in [-0.05, 0) is 108 Å². The van der Waals surface area contributed by atoms with Crippen LogP contribution in [0.4, 0.5) is 51.8 Å². The summed E-state index contributed by atoms with van der Waals surface area (Å²) >= 11 is 3.38. The van der Waals surface area contributed by atoms with Crippen molar-refractivity contribution >= 4 is 171 Å². The zero-order valence-corrected chi connectivity index (χ0v) is 87.1. The van der Waals surface area contributed by atoms with Crippen LogP contribution in [0.3, 0.4) is 0 Å². The molecule has 146 heavy (non-hydrogen) atoms. The number of benzene rings is 3. The molecule has 3 fully saturated rings. The molecule has 3 aromatic carbocycles. The lowest BCUT2D eigenvalue weighted by atomic mass is 10.1. The van der Waals surface area contributed by atoms with Crippen LogP contribution < -0.4 is 112 Å². The summed E-state index contributed by atoms with van der Waals surface area (Å²) in [6.07, 6.45) is 25.7. The van der Waals surface area contributed by atoms with Crippen LogP contribution >= 0.6 is 23.1 Å². The molecule has 16 aromatic rings. The van der Waals surface area contributed by atoms with E-state index < -0.39 is 0 Å². The van der Waals surface area contributed by atoms with E-state index in [1.54, 1.807) is 152 Å². The van der Waals surface area contributed by atoms with Gasteiger partial charge < -0.3 is 151 Å². The van der Waals surface area contributed by atoms with Crippen molar-refractivity contribution in [3.05, 3.63) is 236 Å². The van der Waals surface area contributed by atoms with Crippen molar-refractivity contribution in [1.29, 1.82) is 21.6 Å². The molecular weight excluding hydrogens is 1900 g/mol. The quantitative estimate of drug-likeness (QED) is 0.0277. The molecule has 0 unspecified atom stereocenters. The average Bonchev–Trinajstić information content (AvgIpc) is 1.68. The van der Waals surface area contributed by atoms with Crippen LogP contribution in [0, 0.1) is 35.5 Å². The van der Waals surface area contributed by atoms with Gasteiger partial charge in [0.1, 0.15) is 71.1 Å². The largest absolute Gasteiger partial charge is 0.409 e. The van der Waals surface area contributed by atoms with E-state index >= 15 is 0 Å². The first-order valence-corrected chi connectivity index (χ1v) is 45.8. The Morgan fingerprint density at radius 1 is 0.568 bits per heavy atom. The average molecular weight is 2050 g/mol. The second-order valence-corrected chi connectivity index (χ2v) is 31.2. The topological polar surface area (TPSA) is 871 Å². The van der Waals surface area contributed by atoms with Gasteiger partial charge in [-0.15, -0.1) is 11.3 Å². The number of hydrogen-bond acceptors (Lipinski definition) is 37. The third kappa shape index (κ3) is 49.2. The second kappa shape index (κ2) is 70.0. The number of thiazole rings is 1. The Hall–Kier alpha value is -18.7. The lowest BCUT2D eigenvalue weighted by Gasteiger charge is -2.08. The van der Waals surface area contributed by atoms with Crippen molar-refractivity contribution < 1.29 is 5.21 Å². The molecule has 3 aliphatic rings. The van der Waals surface area contributed by atoms with Crippen molar-refractivity contribution in [1.82, 2.24) is 134 Å². The summed E-state index contributed by atoms with van der Waals surface area (Å²) in [5.74, 6) is 8.04. The number of oxime groups is 1. The van der Waals surface area contributed by atoms with E-state index in [-0.39, 0.29) is 29.2 Å². The van der Waals surface area contributed by atoms with Crippen LogP contribution in [0.25, 0.3) is 44.3 Å². The van der Waals surface area contributed by atoms with E-state index in [2.05, 4.69) is 171 Å². The highest BCUT2D eigenvalue weighted by atomic mass is 32.2. The number of hydrogen-bond donors (Lipinski definition) is 29. The maximum atomic E-state index is 7.61. The number of nitrogens with two attached hydrogens (primary N) is 13. The number of allylic oxidation sites excluding steroid dienone is 1. The molecule has 3 aliphatic heterocycles. The highest BCUT2D eigenvalue weighted by Gasteiger charge is 2.10. The molecule has 0 radical (unpaired) electrons. The Morgan fingerprint density at radius 3 is 1.57 bits per heavy atom. The van der Waals surface area contributed by atoms with Gasteiger partial charge in [0.05, 0.1) is 57.4 Å².